The Morgan fingerprint density at radius 1 is 0.806 bits per heavy atom. The highest BCUT2D eigenvalue weighted by Crippen LogP contribution is 2.31. The van der Waals surface area contributed by atoms with Gasteiger partial charge in [-0.25, -0.2) is 12.8 Å². The van der Waals surface area contributed by atoms with Crippen LogP contribution in [0, 0.1) is 5.82 Å². The van der Waals surface area contributed by atoms with Crippen molar-refractivity contribution in [3.8, 4) is 0 Å². The molecule has 1 heterocycles. The molecule has 0 saturated heterocycles. The second-order valence-corrected chi connectivity index (χ2v) is 9.18. The lowest BCUT2D eigenvalue weighted by atomic mass is 10.1. The minimum atomic E-state index is -4.48. The fraction of sp³-hybridized carbons (Fsp3) is 0.130. The quantitative estimate of drug-likeness (QED) is 0.362. The van der Waals surface area contributed by atoms with E-state index in [-0.39, 0.29) is 16.3 Å². The van der Waals surface area contributed by atoms with Gasteiger partial charge in [0.05, 0.1) is 16.2 Å². The van der Waals surface area contributed by atoms with Gasteiger partial charge in [0.15, 0.2) is 9.84 Å². The van der Waals surface area contributed by atoms with E-state index in [1.807, 2.05) is 0 Å². The molecule has 0 aliphatic carbocycles. The van der Waals surface area contributed by atoms with Crippen molar-refractivity contribution < 1.29 is 26.0 Å². The van der Waals surface area contributed by atoms with Crippen molar-refractivity contribution in [3.63, 3.8) is 0 Å². The highest BCUT2D eigenvalue weighted by Gasteiger charge is 2.30. The summed E-state index contributed by atoms with van der Waals surface area (Å²) in [7, 11) is -3.83. The first-order valence-electron chi connectivity index (χ1n) is 9.35. The lowest BCUT2D eigenvalue weighted by Gasteiger charge is -2.08. The Hall–Kier alpha value is -3.13. The number of aromatic nitrogens is 1. The fourth-order valence-electron chi connectivity index (χ4n) is 3.47. The first-order chi connectivity index (χ1) is 14.6. The number of benzene rings is 3. The van der Waals surface area contributed by atoms with Crippen molar-refractivity contribution in [2.24, 2.45) is 0 Å². The fourth-order valence-corrected chi connectivity index (χ4v) is 5.05. The number of para-hydroxylation sites is 1. The molecule has 3 nitrogen and oxygen atoms in total. The summed E-state index contributed by atoms with van der Waals surface area (Å²) in [6, 6.07) is 17.0. The number of hydrogen-bond acceptors (Lipinski definition) is 2. The molecular weight excluding hydrogens is 430 g/mol. The minimum absolute atomic E-state index is 0.102. The maximum absolute atomic E-state index is 13.2. The van der Waals surface area contributed by atoms with Crippen LogP contribution < -0.4 is 0 Å². The summed E-state index contributed by atoms with van der Waals surface area (Å²) in [6.45, 7) is 0.344. The van der Waals surface area contributed by atoms with E-state index in [9.17, 15) is 26.0 Å². The third-order valence-electron chi connectivity index (χ3n) is 4.99. The van der Waals surface area contributed by atoms with E-state index in [2.05, 4.69) is 0 Å². The van der Waals surface area contributed by atoms with E-state index in [0.29, 0.717) is 17.4 Å². The number of halogens is 4. The molecule has 1 aromatic heterocycles. The Labute approximate surface area is 176 Å². The van der Waals surface area contributed by atoms with Crippen LogP contribution in [-0.2, 0) is 28.3 Å². The molecule has 160 valence electrons. The molecule has 0 amide bonds. The molecule has 31 heavy (non-hydrogen) atoms. The van der Waals surface area contributed by atoms with Crippen molar-refractivity contribution in [1.29, 1.82) is 0 Å². The van der Waals surface area contributed by atoms with Crippen LogP contribution >= 0.6 is 0 Å². The zero-order valence-corrected chi connectivity index (χ0v) is 16.9. The van der Waals surface area contributed by atoms with Gasteiger partial charge in [0.1, 0.15) is 5.82 Å². The summed E-state index contributed by atoms with van der Waals surface area (Å²) in [4.78, 5) is 0.102. The third kappa shape index (κ3) is 4.49. The van der Waals surface area contributed by atoms with Crippen molar-refractivity contribution in [2.45, 2.75) is 23.4 Å². The standard InChI is InChI=1S/C23H17F4NO2S/c24-19-11-7-16(8-12-19)13-28-14-22(20-3-1-2-4-21(20)28)31(29,30)15-17-5-9-18(10-6-17)23(25,26)27/h1-12,14H,13,15H2. The van der Waals surface area contributed by atoms with Gasteiger partial charge in [-0.3, -0.25) is 0 Å². The average Bonchev–Trinajstić information content (AvgIpc) is 3.09. The molecule has 0 saturated carbocycles. The molecule has 0 atom stereocenters. The summed E-state index contributed by atoms with van der Waals surface area (Å²) in [5.74, 6) is -0.781. The Morgan fingerprint density at radius 2 is 1.42 bits per heavy atom. The van der Waals surface area contributed by atoms with Gasteiger partial charge in [-0.2, -0.15) is 13.2 Å². The van der Waals surface area contributed by atoms with Crippen LogP contribution in [0.1, 0.15) is 16.7 Å². The van der Waals surface area contributed by atoms with E-state index < -0.39 is 27.3 Å². The first-order valence-corrected chi connectivity index (χ1v) is 11.0. The zero-order chi connectivity index (χ0) is 22.2. The van der Waals surface area contributed by atoms with Gasteiger partial charge in [-0.1, -0.05) is 42.5 Å². The third-order valence-corrected chi connectivity index (χ3v) is 6.70. The van der Waals surface area contributed by atoms with Crippen LogP contribution in [-0.4, -0.2) is 13.0 Å². The van der Waals surface area contributed by atoms with Crippen LogP contribution in [0.15, 0.2) is 83.9 Å². The van der Waals surface area contributed by atoms with Gasteiger partial charge in [0, 0.05) is 23.6 Å². The van der Waals surface area contributed by atoms with Gasteiger partial charge in [-0.05, 0) is 41.5 Å². The highest BCUT2D eigenvalue weighted by atomic mass is 32.2. The van der Waals surface area contributed by atoms with E-state index in [1.54, 1.807) is 41.0 Å². The molecule has 0 aliphatic rings. The molecule has 3 aromatic carbocycles. The number of fused-ring (bicyclic) bond motifs is 1. The second kappa shape index (κ2) is 7.85. The summed E-state index contributed by atoms with van der Waals surface area (Å²) in [5.41, 5.74) is 0.930. The molecule has 0 unspecified atom stereocenters. The molecule has 0 bridgehead atoms. The van der Waals surface area contributed by atoms with Gasteiger partial charge >= 0.3 is 6.18 Å². The van der Waals surface area contributed by atoms with Crippen molar-refractivity contribution in [2.75, 3.05) is 0 Å². The van der Waals surface area contributed by atoms with Crippen LogP contribution in [0.25, 0.3) is 10.9 Å². The van der Waals surface area contributed by atoms with Crippen molar-refractivity contribution >= 4 is 20.7 Å². The van der Waals surface area contributed by atoms with Gasteiger partial charge < -0.3 is 4.57 Å². The Bertz CT molecular complexity index is 1320. The van der Waals surface area contributed by atoms with Gasteiger partial charge in [0.2, 0.25) is 0 Å². The first kappa shape index (κ1) is 21.1. The number of alkyl halides is 3. The highest BCUT2D eigenvalue weighted by molar-refractivity contribution is 7.90. The number of nitrogens with zero attached hydrogens (tertiary/aromatic N) is 1. The summed E-state index contributed by atoms with van der Waals surface area (Å²) in [5, 5.41) is 0.525. The van der Waals surface area contributed by atoms with Crippen molar-refractivity contribution in [1.82, 2.24) is 4.57 Å². The number of sulfone groups is 1. The largest absolute Gasteiger partial charge is 0.416 e. The van der Waals surface area contributed by atoms with Crippen LogP contribution in [0.2, 0.25) is 0 Å². The molecule has 0 fully saturated rings. The normalized spacial score (nSPS) is 12.4. The number of hydrogen-bond donors (Lipinski definition) is 0. The molecular formula is C23H17F4NO2S. The molecule has 8 heteroatoms. The summed E-state index contributed by atoms with van der Waals surface area (Å²) in [6.07, 6.45) is -2.96. The maximum Gasteiger partial charge on any atom is 0.416 e. The van der Waals surface area contributed by atoms with Crippen LogP contribution in [0.5, 0.6) is 0 Å². The Morgan fingerprint density at radius 3 is 2.06 bits per heavy atom. The van der Waals surface area contributed by atoms with E-state index in [0.717, 1.165) is 17.7 Å². The maximum atomic E-state index is 13.2. The monoisotopic (exact) mass is 447 g/mol. The van der Waals surface area contributed by atoms with Gasteiger partial charge in [0.25, 0.3) is 0 Å². The smallest absolute Gasteiger partial charge is 0.342 e. The molecule has 0 radical (unpaired) electrons. The molecule has 0 N–H and O–H groups in total. The second-order valence-electron chi connectivity index (χ2n) is 7.22. The molecule has 0 spiro atoms. The predicted molar refractivity (Wildman–Crippen MR) is 110 cm³/mol. The van der Waals surface area contributed by atoms with Crippen LogP contribution in [0.4, 0.5) is 17.6 Å². The summed E-state index contributed by atoms with van der Waals surface area (Å²) >= 11 is 0. The van der Waals surface area contributed by atoms with E-state index in [1.165, 1.54) is 30.5 Å². The molecule has 0 aliphatic heterocycles. The minimum Gasteiger partial charge on any atom is -0.342 e. The lowest BCUT2D eigenvalue weighted by Crippen LogP contribution is -2.07. The van der Waals surface area contributed by atoms with Gasteiger partial charge in [-0.15, -0.1) is 0 Å². The van der Waals surface area contributed by atoms with E-state index in [4.69, 9.17) is 0 Å². The predicted octanol–water partition coefficient (Wildman–Crippen LogP) is 5.82. The van der Waals surface area contributed by atoms with E-state index >= 15 is 0 Å². The van der Waals surface area contributed by atoms with Crippen molar-refractivity contribution in [3.05, 3.63) is 102 Å². The molecule has 4 rings (SSSR count). The average molecular weight is 447 g/mol. The lowest BCUT2D eigenvalue weighted by molar-refractivity contribution is -0.137. The van der Waals surface area contributed by atoms with Crippen LogP contribution in [0.3, 0.4) is 0 Å². The Balaban J connectivity index is 1.69. The number of rotatable bonds is 5. The zero-order valence-electron chi connectivity index (χ0n) is 16.1. The Kier molecular flexibility index (Phi) is 5.35. The topological polar surface area (TPSA) is 39.1 Å². The summed E-state index contributed by atoms with van der Waals surface area (Å²) < 4.78 is 79.5. The molecule has 4 aromatic rings. The SMILES string of the molecule is O=S(=O)(Cc1ccc(C(F)(F)F)cc1)c1cn(Cc2ccc(F)cc2)c2ccccc12.